The van der Waals surface area contributed by atoms with E-state index in [1.165, 1.54) is 6.92 Å². The molecule has 0 N–H and O–H groups in total. The maximum Gasteiger partial charge on any atom is 0.303 e. The molecule has 1 aliphatic heterocycles. The van der Waals surface area contributed by atoms with Crippen molar-refractivity contribution in [1.82, 2.24) is 0 Å². The summed E-state index contributed by atoms with van der Waals surface area (Å²) in [6, 6.07) is 30.0. The van der Waals surface area contributed by atoms with Crippen LogP contribution in [0, 0.1) is 0 Å². The first-order valence-corrected chi connectivity index (χ1v) is 12.3. The van der Waals surface area contributed by atoms with Gasteiger partial charge in [0, 0.05) is 11.8 Å². The van der Waals surface area contributed by atoms with Crippen molar-refractivity contribution in [1.29, 1.82) is 0 Å². The van der Waals surface area contributed by atoms with E-state index < -0.39 is 18.3 Å². The zero-order valence-electron chi connectivity index (χ0n) is 19.4. The number of hydrogen-bond donors (Lipinski definition) is 0. The van der Waals surface area contributed by atoms with E-state index in [0.29, 0.717) is 13.2 Å². The standard InChI is InChI=1S/C28H30O5S/c1-20-25(33-21(2)29)26(30-18-22-12-6-3-7-13-22)27(31-19-23-14-8-4-9-15-23)28(32-20)34-24-16-10-5-11-17-24/h3-17,20,25-28H,18-19H2,1-2H3/t20?,25-,26?,27?,28-/m0/s1. The Balaban J connectivity index is 1.61. The fourth-order valence-corrected chi connectivity index (χ4v) is 5.14. The molecule has 0 radical (unpaired) electrons. The van der Waals surface area contributed by atoms with Gasteiger partial charge < -0.3 is 18.9 Å². The Kier molecular flexibility index (Phi) is 8.77. The minimum atomic E-state index is -0.588. The van der Waals surface area contributed by atoms with Crippen LogP contribution in [0.4, 0.5) is 0 Å². The van der Waals surface area contributed by atoms with Crippen LogP contribution in [0.1, 0.15) is 25.0 Å². The van der Waals surface area contributed by atoms with Crippen molar-refractivity contribution in [3.8, 4) is 0 Å². The van der Waals surface area contributed by atoms with Crippen molar-refractivity contribution in [2.75, 3.05) is 0 Å². The molecule has 3 aromatic rings. The predicted molar refractivity (Wildman–Crippen MR) is 132 cm³/mol. The molecule has 1 saturated heterocycles. The molecule has 3 unspecified atom stereocenters. The quantitative estimate of drug-likeness (QED) is 0.372. The Bertz CT molecular complexity index is 1010. The van der Waals surface area contributed by atoms with Crippen LogP contribution >= 0.6 is 11.8 Å². The molecule has 178 valence electrons. The second-order valence-electron chi connectivity index (χ2n) is 8.24. The van der Waals surface area contributed by atoms with E-state index in [1.807, 2.05) is 97.9 Å². The molecule has 5 atom stereocenters. The summed E-state index contributed by atoms with van der Waals surface area (Å²) in [5.41, 5.74) is 1.75. The van der Waals surface area contributed by atoms with Crippen LogP contribution in [0.15, 0.2) is 95.9 Å². The minimum absolute atomic E-state index is 0.339. The van der Waals surface area contributed by atoms with Crippen LogP contribution in [0.2, 0.25) is 0 Å². The normalized spacial score (nSPS) is 24.5. The number of carbonyl (C=O) groups is 1. The Morgan fingerprint density at radius 3 is 1.79 bits per heavy atom. The summed E-state index contributed by atoms with van der Waals surface area (Å²) in [5.74, 6) is -0.371. The Morgan fingerprint density at radius 1 is 0.765 bits per heavy atom. The Morgan fingerprint density at radius 2 is 1.26 bits per heavy atom. The number of thioether (sulfide) groups is 1. The molecule has 0 saturated carbocycles. The van der Waals surface area contributed by atoms with Gasteiger partial charge in [-0.05, 0) is 30.2 Å². The van der Waals surface area contributed by atoms with Crippen molar-refractivity contribution in [2.24, 2.45) is 0 Å². The van der Waals surface area contributed by atoms with Crippen LogP contribution in [0.3, 0.4) is 0 Å². The summed E-state index contributed by atoms with van der Waals surface area (Å²) in [7, 11) is 0. The van der Waals surface area contributed by atoms with Crippen LogP contribution in [-0.4, -0.2) is 35.8 Å². The van der Waals surface area contributed by atoms with Crippen molar-refractivity contribution >= 4 is 17.7 Å². The lowest BCUT2D eigenvalue weighted by atomic mass is 9.99. The number of hydrogen-bond acceptors (Lipinski definition) is 6. The molecule has 34 heavy (non-hydrogen) atoms. The van der Waals surface area contributed by atoms with E-state index in [1.54, 1.807) is 11.8 Å². The lowest BCUT2D eigenvalue weighted by molar-refractivity contribution is -0.237. The van der Waals surface area contributed by atoms with Gasteiger partial charge in [0.05, 0.1) is 19.3 Å². The Labute approximate surface area is 205 Å². The topological polar surface area (TPSA) is 54.0 Å². The molecular formula is C28H30O5S. The first-order valence-electron chi connectivity index (χ1n) is 11.5. The molecule has 0 spiro atoms. The summed E-state index contributed by atoms with van der Waals surface area (Å²) in [4.78, 5) is 13.0. The average Bonchev–Trinajstić information content (AvgIpc) is 2.85. The lowest BCUT2D eigenvalue weighted by Crippen LogP contribution is -2.58. The first-order chi connectivity index (χ1) is 16.6. The number of benzene rings is 3. The van der Waals surface area contributed by atoms with Gasteiger partial charge in [0.15, 0.2) is 6.10 Å². The zero-order valence-corrected chi connectivity index (χ0v) is 20.2. The smallest absolute Gasteiger partial charge is 0.303 e. The van der Waals surface area contributed by atoms with Crippen LogP contribution in [0.25, 0.3) is 0 Å². The van der Waals surface area contributed by atoms with Gasteiger partial charge in [0.25, 0.3) is 0 Å². The molecule has 0 bridgehead atoms. The van der Waals surface area contributed by atoms with Crippen LogP contribution in [-0.2, 0) is 37.0 Å². The maximum absolute atomic E-state index is 12.0. The van der Waals surface area contributed by atoms with E-state index in [2.05, 4.69) is 0 Å². The highest BCUT2D eigenvalue weighted by molar-refractivity contribution is 7.99. The van der Waals surface area contributed by atoms with Crippen LogP contribution < -0.4 is 0 Å². The largest absolute Gasteiger partial charge is 0.457 e. The van der Waals surface area contributed by atoms with E-state index in [4.69, 9.17) is 18.9 Å². The van der Waals surface area contributed by atoms with Gasteiger partial charge >= 0.3 is 5.97 Å². The molecule has 0 amide bonds. The third-order valence-electron chi connectivity index (χ3n) is 5.60. The summed E-state index contributed by atoms with van der Waals surface area (Å²) in [5, 5.41) is 0. The number of ether oxygens (including phenoxy) is 4. The maximum atomic E-state index is 12.0. The predicted octanol–water partition coefficient (Wildman–Crippen LogP) is 5.63. The molecular weight excluding hydrogens is 448 g/mol. The monoisotopic (exact) mass is 478 g/mol. The lowest BCUT2D eigenvalue weighted by Gasteiger charge is -2.44. The van der Waals surface area contributed by atoms with Crippen molar-refractivity contribution in [3.05, 3.63) is 102 Å². The second kappa shape index (κ2) is 12.2. The molecule has 5 nitrogen and oxygen atoms in total. The third kappa shape index (κ3) is 6.70. The van der Waals surface area contributed by atoms with Gasteiger partial charge in [0.2, 0.25) is 0 Å². The molecule has 6 heteroatoms. The summed E-state index contributed by atoms with van der Waals surface area (Å²) >= 11 is 1.59. The van der Waals surface area contributed by atoms with E-state index >= 15 is 0 Å². The Hall–Kier alpha value is -2.64. The molecule has 1 aliphatic rings. The van der Waals surface area contributed by atoms with Gasteiger partial charge in [0.1, 0.15) is 17.6 Å². The van der Waals surface area contributed by atoms with Crippen molar-refractivity contribution in [3.63, 3.8) is 0 Å². The van der Waals surface area contributed by atoms with Gasteiger partial charge in [-0.3, -0.25) is 4.79 Å². The van der Waals surface area contributed by atoms with E-state index in [0.717, 1.165) is 16.0 Å². The van der Waals surface area contributed by atoms with Crippen LogP contribution in [0.5, 0.6) is 0 Å². The van der Waals surface area contributed by atoms with E-state index in [-0.39, 0.29) is 17.5 Å². The fourth-order valence-electron chi connectivity index (χ4n) is 3.95. The van der Waals surface area contributed by atoms with Gasteiger partial charge in [-0.25, -0.2) is 0 Å². The van der Waals surface area contributed by atoms with Gasteiger partial charge in [-0.15, -0.1) is 0 Å². The first kappa shape index (κ1) is 24.5. The zero-order chi connectivity index (χ0) is 23.8. The molecule has 0 aliphatic carbocycles. The highest BCUT2D eigenvalue weighted by Crippen LogP contribution is 2.37. The molecule has 0 aromatic heterocycles. The van der Waals surface area contributed by atoms with E-state index in [9.17, 15) is 4.79 Å². The second-order valence-corrected chi connectivity index (χ2v) is 9.41. The van der Waals surface area contributed by atoms with Gasteiger partial charge in [-0.1, -0.05) is 90.6 Å². The highest BCUT2D eigenvalue weighted by Gasteiger charge is 2.48. The minimum Gasteiger partial charge on any atom is -0.457 e. The van der Waals surface area contributed by atoms with Crippen molar-refractivity contribution < 1.29 is 23.7 Å². The number of carbonyl (C=O) groups excluding carboxylic acids is 1. The average molecular weight is 479 g/mol. The number of esters is 1. The molecule has 1 fully saturated rings. The summed E-state index contributed by atoms with van der Waals surface area (Å²) in [6.07, 6.45) is -1.91. The third-order valence-corrected chi connectivity index (χ3v) is 6.75. The molecule has 3 aromatic carbocycles. The summed E-state index contributed by atoms with van der Waals surface area (Å²) in [6.45, 7) is 4.10. The SMILES string of the molecule is CC(=O)O[C@H]1C(C)O[C@@H](Sc2ccccc2)C(OCc2ccccc2)C1OCc1ccccc1. The van der Waals surface area contributed by atoms with Crippen molar-refractivity contribution in [2.45, 2.75) is 61.8 Å². The fraction of sp³-hybridized carbons (Fsp3) is 0.321. The number of rotatable bonds is 9. The highest BCUT2D eigenvalue weighted by atomic mass is 32.2. The molecule has 4 rings (SSSR count). The molecule has 1 heterocycles. The van der Waals surface area contributed by atoms with Gasteiger partial charge in [-0.2, -0.15) is 0 Å². The summed E-state index contributed by atoms with van der Waals surface area (Å²) < 4.78 is 25.0.